The van der Waals surface area contributed by atoms with Crippen molar-refractivity contribution in [3.05, 3.63) is 24.3 Å². The lowest BCUT2D eigenvalue weighted by atomic mass is 10.0. The molecule has 0 aromatic rings. The second kappa shape index (κ2) is 58.9. The average molecular weight is 973 g/mol. The third kappa shape index (κ3) is 55.5. The number of nitrogens with one attached hydrogen (secondary N) is 1. The molecule has 408 valence electrons. The van der Waals surface area contributed by atoms with Crippen LogP contribution in [0.25, 0.3) is 0 Å². The first kappa shape index (κ1) is 67.3. The molecule has 0 rings (SSSR count). The van der Waals surface area contributed by atoms with Crippen LogP contribution in [0.15, 0.2) is 24.3 Å². The third-order valence-corrected chi connectivity index (χ3v) is 14.5. The van der Waals surface area contributed by atoms with Crippen LogP contribution in [0.2, 0.25) is 0 Å². The molecule has 6 heteroatoms. The molecule has 69 heavy (non-hydrogen) atoms. The van der Waals surface area contributed by atoms with E-state index in [1.54, 1.807) is 6.08 Å². The minimum Gasteiger partial charge on any atom is -0.466 e. The van der Waals surface area contributed by atoms with Gasteiger partial charge >= 0.3 is 5.97 Å². The minimum absolute atomic E-state index is 0.00432. The molecule has 0 aromatic carbocycles. The Morgan fingerprint density at radius 2 is 0.681 bits per heavy atom. The van der Waals surface area contributed by atoms with E-state index in [1.165, 1.54) is 263 Å². The standard InChI is InChI=1S/C63H121NO5/c1-3-5-7-9-11-13-15-17-18-19-20-21-23-26-29-32-35-39-43-47-51-55-61(66)60(59-65)64-62(67)56-52-48-44-40-36-33-30-27-24-22-25-28-31-34-38-42-46-50-54-58-69-63(68)57-53-49-45-41-37-16-14-12-10-8-6-4-2/h22,24,51,55,60-61,65-66H,3-21,23,25-50,52-54,56-59H2,1-2H3,(H,64,67)/b24-22-,55-51+. The summed E-state index contributed by atoms with van der Waals surface area (Å²) in [5.41, 5.74) is 0. The van der Waals surface area contributed by atoms with Gasteiger partial charge in [0.25, 0.3) is 0 Å². The summed E-state index contributed by atoms with van der Waals surface area (Å²) in [5.74, 6) is -0.0702. The van der Waals surface area contributed by atoms with Gasteiger partial charge in [0.1, 0.15) is 0 Å². The van der Waals surface area contributed by atoms with Gasteiger partial charge in [-0.2, -0.15) is 0 Å². The van der Waals surface area contributed by atoms with E-state index in [1.807, 2.05) is 6.08 Å². The van der Waals surface area contributed by atoms with Crippen LogP contribution in [-0.4, -0.2) is 47.4 Å². The number of rotatable bonds is 58. The molecule has 0 spiro atoms. The molecule has 0 heterocycles. The van der Waals surface area contributed by atoms with Crippen LogP contribution in [0.1, 0.15) is 341 Å². The highest BCUT2D eigenvalue weighted by Crippen LogP contribution is 2.17. The van der Waals surface area contributed by atoms with E-state index in [2.05, 4.69) is 31.3 Å². The van der Waals surface area contributed by atoms with Crippen molar-refractivity contribution in [3.8, 4) is 0 Å². The van der Waals surface area contributed by atoms with Gasteiger partial charge in [0.05, 0.1) is 25.4 Å². The maximum atomic E-state index is 12.5. The Morgan fingerprint density at radius 1 is 0.391 bits per heavy atom. The van der Waals surface area contributed by atoms with Gasteiger partial charge in [0.2, 0.25) is 5.91 Å². The zero-order chi connectivity index (χ0) is 50.0. The Balaban J connectivity index is 3.47. The first-order valence-electron chi connectivity index (χ1n) is 31.1. The van der Waals surface area contributed by atoms with Crippen LogP contribution >= 0.6 is 0 Å². The highest BCUT2D eigenvalue weighted by molar-refractivity contribution is 5.76. The number of allylic oxidation sites excluding steroid dienone is 3. The molecule has 0 saturated heterocycles. The summed E-state index contributed by atoms with van der Waals surface area (Å²) in [6, 6.07) is -0.635. The molecular formula is C63H121NO5. The van der Waals surface area contributed by atoms with Crippen molar-refractivity contribution >= 4 is 11.9 Å². The highest BCUT2D eigenvalue weighted by Gasteiger charge is 2.18. The predicted octanol–water partition coefficient (Wildman–Crippen LogP) is 19.4. The van der Waals surface area contributed by atoms with Gasteiger partial charge < -0.3 is 20.3 Å². The Labute approximate surface area is 431 Å². The number of aliphatic hydroxyl groups is 2. The maximum Gasteiger partial charge on any atom is 0.305 e. The lowest BCUT2D eigenvalue weighted by Gasteiger charge is -2.20. The highest BCUT2D eigenvalue weighted by atomic mass is 16.5. The van der Waals surface area contributed by atoms with E-state index in [4.69, 9.17) is 4.74 Å². The van der Waals surface area contributed by atoms with Crippen molar-refractivity contribution in [2.45, 2.75) is 353 Å². The van der Waals surface area contributed by atoms with Gasteiger partial charge in [-0.25, -0.2) is 0 Å². The second-order valence-corrected chi connectivity index (χ2v) is 21.4. The maximum absolute atomic E-state index is 12.5. The zero-order valence-corrected chi connectivity index (χ0v) is 46.6. The predicted molar refractivity (Wildman–Crippen MR) is 301 cm³/mol. The van der Waals surface area contributed by atoms with Crippen molar-refractivity contribution in [2.75, 3.05) is 13.2 Å². The molecular weight excluding hydrogens is 851 g/mol. The summed E-state index contributed by atoms with van der Waals surface area (Å²) in [7, 11) is 0. The Kier molecular flexibility index (Phi) is 57.5. The number of carbonyl (C=O) groups is 2. The van der Waals surface area contributed by atoms with Crippen LogP contribution in [0.3, 0.4) is 0 Å². The fraction of sp³-hybridized carbons (Fsp3) is 0.905. The van der Waals surface area contributed by atoms with Gasteiger partial charge in [-0.05, 0) is 57.8 Å². The number of unbranched alkanes of at least 4 members (excludes halogenated alkanes) is 45. The number of hydrogen-bond donors (Lipinski definition) is 3. The SMILES string of the molecule is CCCCCCCCCCCCCCCCCCCCC/C=C/C(O)C(CO)NC(=O)CCCCCCCCC/C=C\CCCCCCCCCCOC(=O)CCCCCCCCCCCCCC. The average Bonchev–Trinajstić information content (AvgIpc) is 3.35. The van der Waals surface area contributed by atoms with E-state index in [9.17, 15) is 19.8 Å². The Bertz CT molecular complexity index is 1080. The van der Waals surface area contributed by atoms with E-state index in [0.717, 1.165) is 51.4 Å². The molecule has 0 bridgehead atoms. The van der Waals surface area contributed by atoms with Crippen LogP contribution in [0.4, 0.5) is 0 Å². The molecule has 0 aromatic heterocycles. The first-order chi connectivity index (χ1) is 34.0. The Hall–Kier alpha value is -1.66. The van der Waals surface area contributed by atoms with Gasteiger partial charge in [-0.15, -0.1) is 0 Å². The van der Waals surface area contributed by atoms with E-state index >= 15 is 0 Å². The van der Waals surface area contributed by atoms with Gasteiger partial charge in [-0.3, -0.25) is 9.59 Å². The number of esters is 1. The van der Waals surface area contributed by atoms with E-state index < -0.39 is 12.1 Å². The summed E-state index contributed by atoms with van der Waals surface area (Å²) in [5, 5.41) is 23.2. The van der Waals surface area contributed by atoms with Crippen molar-refractivity contribution in [3.63, 3.8) is 0 Å². The number of ether oxygens (including phenoxy) is 1. The van der Waals surface area contributed by atoms with Crippen LogP contribution in [0.5, 0.6) is 0 Å². The molecule has 0 aliphatic carbocycles. The molecule has 3 N–H and O–H groups in total. The van der Waals surface area contributed by atoms with Gasteiger partial charge in [0, 0.05) is 12.8 Å². The first-order valence-corrected chi connectivity index (χ1v) is 31.1. The second-order valence-electron chi connectivity index (χ2n) is 21.4. The minimum atomic E-state index is -0.851. The fourth-order valence-corrected chi connectivity index (χ4v) is 9.69. The molecule has 0 aliphatic heterocycles. The van der Waals surface area contributed by atoms with E-state index in [0.29, 0.717) is 19.4 Å². The molecule has 0 radical (unpaired) electrons. The van der Waals surface area contributed by atoms with Crippen LogP contribution in [0, 0.1) is 0 Å². The fourth-order valence-electron chi connectivity index (χ4n) is 9.69. The molecule has 0 aliphatic rings. The molecule has 2 atom stereocenters. The summed E-state index contributed by atoms with van der Waals surface area (Å²) in [4.78, 5) is 24.5. The monoisotopic (exact) mass is 972 g/mol. The van der Waals surface area contributed by atoms with Gasteiger partial charge in [0.15, 0.2) is 0 Å². The summed E-state index contributed by atoms with van der Waals surface area (Å²) in [6.45, 7) is 4.91. The summed E-state index contributed by atoms with van der Waals surface area (Å²) in [6.07, 6.45) is 72.1. The molecule has 0 saturated carbocycles. The largest absolute Gasteiger partial charge is 0.466 e. The van der Waals surface area contributed by atoms with Crippen LogP contribution in [-0.2, 0) is 14.3 Å². The van der Waals surface area contributed by atoms with Crippen molar-refractivity contribution in [1.82, 2.24) is 5.32 Å². The zero-order valence-electron chi connectivity index (χ0n) is 46.6. The van der Waals surface area contributed by atoms with Crippen LogP contribution < -0.4 is 5.32 Å². The molecule has 1 amide bonds. The van der Waals surface area contributed by atoms with Crippen molar-refractivity contribution in [2.24, 2.45) is 0 Å². The summed E-state index contributed by atoms with van der Waals surface area (Å²) < 4.78 is 5.47. The number of carbonyl (C=O) groups excluding carboxylic acids is 2. The van der Waals surface area contributed by atoms with Gasteiger partial charge in [-0.1, -0.05) is 295 Å². The number of amides is 1. The lowest BCUT2D eigenvalue weighted by Crippen LogP contribution is -2.45. The quantitative estimate of drug-likeness (QED) is 0.0321. The molecule has 2 unspecified atom stereocenters. The summed E-state index contributed by atoms with van der Waals surface area (Å²) >= 11 is 0. The number of aliphatic hydroxyl groups excluding tert-OH is 2. The Morgan fingerprint density at radius 3 is 1.03 bits per heavy atom. The van der Waals surface area contributed by atoms with Crippen molar-refractivity contribution in [1.29, 1.82) is 0 Å². The number of hydrogen-bond acceptors (Lipinski definition) is 5. The topological polar surface area (TPSA) is 95.9 Å². The smallest absolute Gasteiger partial charge is 0.305 e. The van der Waals surface area contributed by atoms with Crippen molar-refractivity contribution < 1.29 is 24.5 Å². The third-order valence-electron chi connectivity index (χ3n) is 14.5. The molecule has 0 fully saturated rings. The molecule has 6 nitrogen and oxygen atoms in total. The normalized spacial score (nSPS) is 12.7. The lowest BCUT2D eigenvalue weighted by molar-refractivity contribution is -0.143. The van der Waals surface area contributed by atoms with E-state index in [-0.39, 0.29) is 18.5 Å².